The Morgan fingerprint density at radius 2 is 0.100 bits per heavy atom. The van der Waals surface area contributed by atoms with Crippen LogP contribution in [0.2, 0.25) is 0 Å². The van der Waals surface area contributed by atoms with Gasteiger partial charge in [0.15, 0.2) is 0 Å². The predicted molar refractivity (Wildman–Crippen MR) is 256 cm³/mol. The SMILES string of the molecule is CC(=O)[O-].CC(=O)[O-].CC(=O)[O-].CC(=O)[O-].CC(=O)[O-].CC(=O)[O-].CC(=O)[O-].CC(=O)[O-].CC(=O)[O-].CC(=O)[O-].CC(=O)[O-].CC(=O)[O-].CC(=O)[O-].CC(=O)[O-].CC(=O)[O-].CC(=O)[O-].CC(=O)[O-].CC(=O)[O-].CC(=O)[O-].CC(=O)[O-].CC(=O)[O-].CC(=O)[O-].CC(=O)[O-].CC(=O)[O-].[Cu+2].[Cu+2].[Pd+2].[Pd+2]. The van der Waals surface area contributed by atoms with E-state index in [9.17, 15) is 0 Å². The Morgan fingerprint density at radius 3 is 0.100 bits per heavy atom. The minimum atomic E-state index is -1.08. The second-order valence-corrected chi connectivity index (χ2v) is 11.8. The molecule has 610 valence electrons. The van der Waals surface area contributed by atoms with Gasteiger partial charge in [-0.2, -0.15) is 0 Å². The maximum absolute atomic E-state index is 8.89. The maximum Gasteiger partial charge on any atom is 2.00 e. The first-order chi connectivity index (χ1) is 41.6. The fourth-order valence-electron chi connectivity index (χ4n) is 0. The fraction of sp³-hybridized carbons (Fsp3) is 0.500. The van der Waals surface area contributed by atoms with Crippen LogP contribution in [-0.2, 0) is 190 Å². The van der Waals surface area contributed by atoms with E-state index in [1.165, 1.54) is 0 Å². The van der Waals surface area contributed by atoms with Gasteiger partial charge in [0, 0.05) is 143 Å². The monoisotopic (exact) mass is 1750 g/mol. The van der Waals surface area contributed by atoms with Crippen LogP contribution in [0.4, 0.5) is 0 Å². The molecule has 0 saturated carbocycles. The van der Waals surface area contributed by atoms with Crippen LogP contribution in [0, 0.1) is 0 Å². The average Bonchev–Trinajstić information content (AvgIpc) is 3.12. The van der Waals surface area contributed by atoms with Crippen LogP contribution in [0.25, 0.3) is 0 Å². The van der Waals surface area contributed by atoms with Crippen molar-refractivity contribution in [3.8, 4) is 0 Å². The molecule has 0 saturated heterocycles. The van der Waals surface area contributed by atoms with Gasteiger partial charge >= 0.3 is 75.0 Å². The number of rotatable bonds is 0. The Hall–Kier alpha value is -10.4. The second-order valence-electron chi connectivity index (χ2n) is 11.8. The molecule has 100 heavy (non-hydrogen) atoms. The van der Waals surface area contributed by atoms with Crippen LogP contribution in [-0.4, -0.2) is 143 Å². The molecule has 0 spiro atoms. The molecule has 0 rings (SSSR count). The summed E-state index contributed by atoms with van der Waals surface area (Å²) in [4.78, 5) is 213. The Bertz CT molecular complexity index is 1340. The van der Waals surface area contributed by atoms with E-state index < -0.39 is 143 Å². The van der Waals surface area contributed by atoms with Crippen molar-refractivity contribution in [1.29, 1.82) is 0 Å². The number of hydrogen-bond donors (Lipinski definition) is 0. The van der Waals surface area contributed by atoms with Crippen molar-refractivity contribution in [2.75, 3.05) is 0 Å². The molecule has 0 aromatic carbocycles. The van der Waals surface area contributed by atoms with Crippen molar-refractivity contribution in [3.05, 3.63) is 0 Å². The number of carboxylic acid groups (broad SMARTS) is 24. The van der Waals surface area contributed by atoms with Crippen molar-refractivity contribution in [3.63, 3.8) is 0 Å². The summed E-state index contributed by atoms with van der Waals surface area (Å²) in [5.74, 6) is -26.0. The summed E-state index contributed by atoms with van der Waals surface area (Å²) in [5.41, 5.74) is 0. The Labute approximate surface area is 619 Å². The summed E-state index contributed by atoms with van der Waals surface area (Å²) in [6.45, 7) is 23.3. The Balaban J connectivity index is -0.0000000208. The summed E-state index contributed by atoms with van der Waals surface area (Å²) >= 11 is 0. The molecule has 52 heteroatoms. The molecule has 0 atom stereocenters. The molecular formula is C48H72Cu2O48Pd2-16. The van der Waals surface area contributed by atoms with Crippen LogP contribution in [0.3, 0.4) is 0 Å². The molecule has 0 aromatic heterocycles. The summed E-state index contributed by atoms with van der Waals surface area (Å²) in [5, 5.41) is 213. The molecule has 0 aliphatic heterocycles. The summed E-state index contributed by atoms with van der Waals surface area (Å²) in [7, 11) is 0. The zero-order valence-electron chi connectivity index (χ0n) is 56.8. The van der Waals surface area contributed by atoms with Gasteiger partial charge in [-0.1, -0.05) is 0 Å². The number of carbonyl (C=O) groups is 24. The summed E-state index contributed by atoms with van der Waals surface area (Å²) in [6, 6.07) is 0. The van der Waals surface area contributed by atoms with Crippen molar-refractivity contribution in [1.82, 2.24) is 0 Å². The molecule has 0 aliphatic rings. The zero-order chi connectivity index (χ0) is 85.9. The third kappa shape index (κ3) is 6130. The first-order valence-electron chi connectivity index (χ1n) is 21.8. The minimum Gasteiger partial charge on any atom is -0.550 e. The zero-order valence-corrected chi connectivity index (χ0v) is 61.8. The predicted octanol–water partition coefficient (Wildman–Crippen LogP) is -29.9. The van der Waals surface area contributed by atoms with Gasteiger partial charge in [0.25, 0.3) is 0 Å². The largest absolute Gasteiger partial charge is 2.00 e. The first kappa shape index (κ1) is 185. The molecule has 0 fully saturated rings. The standard InChI is InChI=1S/24C2H4O2.2Cu.2Pd/c24*1-2(3)4;;;;/h24*1H3,(H,3,4);;;;/q;;;;;;;;;;;;;;;;;;;;;;;;4*+2/p-24. The molecule has 0 aliphatic carbocycles. The maximum atomic E-state index is 8.89. The van der Waals surface area contributed by atoms with Crippen LogP contribution in [0.5, 0.6) is 0 Å². The van der Waals surface area contributed by atoms with Crippen molar-refractivity contribution in [2.45, 2.75) is 166 Å². The van der Waals surface area contributed by atoms with Crippen LogP contribution in [0.1, 0.15) is 166 Å². The molecule has 48 nitrogen and oxygen atoms in total. The van der Waals surface area contributed by atoms with Gasteiger partial charge in [-0.15, -0.1) is 0 Å². The van der Waals surface area contributed by atoms with Gasteiger partial charge in [0.05, 0.1) is 0 Å². The van der Waals surface area contributed by atoms with Gasteiger partial charge < -0.3 is 238 Å². The third-order valence-corrected chi connectivity index (χ3v) is 0. The molecular weight excluding hydrogens is 1680 g/mol. The van der Waals surface area contributed by atoms with Crippen LogP contribution in [0.15, 0.2) is 0 Å². The third-order valence-electron chi connectivity index (χ3n) is 0. The van der Waals surface area contributed by atoms with E-state index in [2.05, 4.69) is 0 Å². The van der Waals surface area contributed by atoms with Crippen molar-refractivity contribution >= 4 is 143 Å². The van der Waals surface area contributed by atoms with E-state index in [1.807, 2.05) is 0 Å². The normalized spacial score (nSPS) is 6.00. The smallest absolute Gasteiger partial charge is 0.550 e. The van der Waals surface area contributed by atoms with Crippen LogP contribution < -0.4 is 123 Å². The fourth-order valence-corrected chi connectivity index (χ4v) is 0. The first-order valence-corrected chi connectivity index (χ1v) is 21.8. The van der Waals surface area contributed by atoms with Crippen molar-refractivity contribution < 1.29 is 313 Å². The number of aliphatic carboxylic acids is 24. The number of carbonyl (C=O) groups excluding carboxylic acids is 24. The summed E-state index contributed by atoms with van der Waals surface area (Å²) in [6.07, 6.45) is 0. The molecule has 0 bridgehead atoms. The number of hydrogen-bond acceptors (Lipinski definition) is 48. The minimum absolute atomic E-state index is 0. The molecule has 0 unspecified atom stereocenters. The molecule has 0 aromatic rings. The van der Waals surface area contributed by atoms with E-state index in [0.717, 1.165) is 166 Å². The van der Waals surface area contributed by atoms with Gasteiger partial charge in [-0.05, 0) is 166 Å². The van der Waals surface area contributed by atoms with Gasteiger partial charge in [-0.3, -0.25) is 0 Å². The molecule has 0 heterocycles. The second kappa shape index (κ2) is 179. The van der Waals surface area contributed by atoms with E-state index in [-0.39, 0.29) is 75.0 Å². The van der Waals surface area contributed by atoms with E-state index >= 15 is 0 Å². The van der Waals surface area contributed by atoms with Gasteiger partial charge in [-0.25, -0.2) is 0 Å². The average molecular weight is 1760 g/mol. The van der Waals surface area contributed by atoms with E-state index in [4.69, 9.17) is 238 Å². The molecule has 2 radical (unpaired) electrons. The van der Waals surface area contributed by atoms with Gasteiger partial charge in [0.2, 0.25) is 0 Å². The van der Waals surface area contributed by atoms with Gasteiger partial charge in [0.1, 0.15) is 0 Å². The Morgan fingerprint density at radius 1 is 0.100 bits per heavy atom. The van der Waals surface area contributed by atoms with E-state index in [1.54, 1.807) is 0 Å². The van der Waals surface area contributed by atoms with Crippen LogP contribution >= 0.6 is 0 Å². The molecule has 0 N–H and O–H groups in total. The summed E-state index contributed by atoms with van der Waals surface area (Å²) < 4.78 is 0. The quantitative estimate of drug-likeness (QED) is 0.203. The van der Waals surface area contributed by atoms with Crippen molar-refractivity contribution in [2.24, 2.45) is 0 Å². The Kier molecular flexibility index (Phi) is 332. The number of carboxylic acids is 24. The van der Waals surface area contributed by atoms with E-state index in [0.29, 0.717) is 0 Å². The topological polar surface area (TPSA) is 963 Å². The molecule has 0 amide bonds.